The van der Waals surface area contributed by atoms with Gasteiger partial charge in [-0.15, -0.1) is 0 Å². The Labute approximate surface area is 250 Å². The third-order valence-electron chi connectivity index (χ3n) is 7.10. The second-order valence-electron chi connectivity index (χ2n) is 10.2. The third-order valence-corrected chi connectivity index (χ3v) is 7.10. The van der Waals surface area contributed by atoms with E-state index in [1.54, 1.807) is 45.3 Å². The number of nitrogens with zero attached hydrogens (tertiary/aromatic N) is 1. The number of likely N-dealkylation sites (N-methyl/N-ethyl adjacent to an activating group) is 2. The minimum Gasteiger partial charge on any atom is -0.449 e. The summed E-state index contributed by atoms with van der Waals surface area (Å²) in [5, 5.41) is 10.7. The summed E-state index contributed by atoms with van der Waals surface area (Å²) in [6.45, 7) is 2.62. The van der Waals surface area contributed by atoms with Crippen molar-refractivity contribution < 1.29 is 28.7 Å². The molecule has 1 atom stereocenters. The number of carbonyl (C=O) groups is 4. The van der Waals surface area contributed by atoms with Crippen molar-refractivity contribution >= 4 is 29.7 Å². The Bertz CT molecular complexity index is 1400. The van der Waals surface area contributed by atoms with Crippen molar-refractivity contribution in [3.63, 3.8) is 0 Å². The third kappa shape index (κ3) is 8.32. The fourth-order valence-electron chi connectivity index (χ4n) is 4.72. The van der Waals surface area contributed by atoms with Gasteiger partial charge < -0.3 is 35.6 Å². The molecule has 1 unspecified atom stereocenters. The first-order valence-corrected chi connectivity index (χ1v) is 14.1. The number of nitrogens with one attached hydrogen (secondary N) is 4. The molecule has 0 radical (unpaired) electrons. The van der Waals surface area contributed by atoms with Crippen LogP contribution in [0, 0.1) is 0 Å². The summed E-state index contributed by atoms with van der Waals surface area (Å²) in [5.74, 6) is -1.05. The summed E-state index contributed by atoms with van der Waals surface area (Å²) in [4.78, 5) is 50.8. The van der Waals surface area contributed by atoms with Crippen LogP contribution in [0.5, 0.6) is 0 Å². The van der Waals surface area contributed by atoms with E-state index in [0.29, 0.717) is 18.8 Å². The molecule has 1 aliphatic rings. The van der Waals surface area contributed by atoms with Crippen molar-refractivity contribution in [2.75, 3.05) is 45.7 Å². The van der Waals surface area contributed by atoms with Crippen molar-refractivity contribution in [2.24, 2.45) is 0 Å². The van der Waals surface area contributed by atoms with Crippen LogP contribution in [0.15, 0.2) is 72.8 Å². The van der Waals surface area contributed by atoms with Crippen LogP contribution in [0.3, 0.4) is 0 Å². The molecule has 4 N–H and O–H groups in total. The number of benzene rings is 3. The van der Waals surface area contributed by atoms with Crippen molar-refractivity contribution in [1.82, 2.24) is 20.9 Å². The van der Waals surface area contributed by atoms with Crippen LogP contribution in [0.4, 0.5) is 15.3 Å². The number of rotatable bonds is 12. The molecular weight excluding hydrogens is 550 g/mol. The Morgan fingerprint density at radius 3 is 2.14 bits per heavy atom. The quantitative estimate of drug-likeness (QED) is 0.255. The number of alkyl carbamates (subject to hydrolysis) is 1. The summed E-state index contributed by atoms with van der Waals surface area (Å²) < 4.78 is 10.7. The van der Waals surface area contributed by atoms with Gasteiger partial charge in [0.15, 0.2) is 0 Å². The molecule has 0 heterocycles. The predicted molar refractivity (Wildman–Crippen MR) is 162 cm³/mol. The van der Waals surface area contributed by atoms with Crippen LogP contribution >= 0.6 is 0 Å². The van der Waals surface area contributed by atoms with E-state index >= 15 is 0 Å². The maximum absolute atomic E-state index is 12.6. The van der Waals surface area contributed by atoms with E-state index in [-0.39, 0.29) is 25.7 Å². The van der Waals surface area contributed by atoms with Crippen LogP contribution in [-0.2, 0) is 25.7 Å². The Morgan fingerprint density at radius 2 is 1.51 bits per heavy atom. The zero-order valence-electron chi connectivity index (χ0n) is 24.5. The lowest BCUT2D eigenvalue weighted by molar-refractivity contribution is -0.125. The Balaban J connectivity index is 1.16. The Morgan fingerprint density at radius 1 is 0.884 bits per heavy atom. The fraction of sp³-hybridized carbons (Fsp3) is 0.312. The highest BCUT2D eigenvalue weighted by Crippen LogP contribution is 2.44. The van der Waals surface area contributed by atoms with E-state index in [0.717, 1.165) is 27.8 Å². The molecule has 4 amide bonds. The first kappa shape index (κ1) is 31.0. The number of hydrogen-bond acceptors (Lipinski definition) is 7. The molecule has 4 rings (SSSR count). The molecule has 226 valence electrons. The Hall–Kier alpha value is -4.90. The summed E-state index contributed by atoms with van der Waals surface area (Å²) in [6, 6.07) is 22.0. The number of fused-ring (bicyclic) bond motifs is 3. The first-order chi connectivity index (χ1) is 20.8. The molecule has 43 heavy (non-hydrogen) atoms. The van der Waals surface area contributed by atoms with Crippen LogP contribution in [0.1, 0.15) is 29.5 Å². The maximum atomic E-state index is 12.6. The topological polar surface area (TPSA) is 138 Å². The van der Waals surface area contributed by atoms with Gasteiger partial charge in [0.2, 0.25) is 11.8 Å². The second kappa shape index (κ2) is 14.8. The number of ether oxygens (including phenoxy) is 2. The molecule has 1 aliphatic carbocycles. The predicted octanol–water partition coefficient (Wildman–Crippen LogP) is 3.46. The number of amides is 4. The van der Waals surface area contributed by atoms with Crippen LogP contribution in [-0.4, -0.2) is 75.3 Å². The molecular formula is C32H37N5O6. The lowest BCUT2D eigenvalue weighted by Gasteiger charge is -2.17. The molecule has 0 aliphatic heterocycles. The normalized spacial score (nSPS) is 12.3. The van der Waals surface area contributed by atoms with Crippen LogP contribution < -0.4 is 21.3 Å². The SMILES string of the molecule is CNCCN(C)C(=O)OCc1ccc(NC(=O)C(C)NC(=O)CNC(=O)OCC2c3ccccc3-c3ccccc32)cc1. The minimum atomic E-state index is -0.856. The highest BCUT2D eigenvalue weighted by atomic mass is 16.6. The van der Waals surface area contributed by atoms with Gasteiger partial charge in [0.1, 0.15) is 25.8 Å². The van der Waals surface area contributed by atoms with Crippen LogP contribution in [0.2, 0.25) is 0 Å². The van der Waals surface area contributed by atoms with Crippen molar-refractivity contribution in [2.45, 2.75) is 25.5 Å². The molecule has 3 aromatic rings. The van der Waals surface area contributed by atoms with Gasteiger partial charge >= 0.3 is 12.2 Å². The summed E-state index contributed by atoms with van der Waals surface area (Å²) in [5.41, 5.74) is 5.71. The van der Waals surface area contributed by atoms with E-state index in [1.165, 1.54) is 4.90 Å². The van der Waals surface area contributed by atoms with Crippen molar-refractivity contribution in [3.8, 4) is 11.1 Å². The van der Waals surface area contributed by atoms with E-state index < -0.39 is 30.0 Å². The first-order valence-electron chi connectivity index (χ1n) is 14.1. The van der Waals surface area contributed by atoms with Gasteiger partial charge in [-0.25, -0.2) is 9.59 Å². The van der Waals surface area contributed by atoms with Gasteiger partial charge in [-0.05, 0) is 53.9 Å². The van der Waals surface area contributed by atoms with Gasteiger partial charge in [0, 0.05) is 31.7 Å². The average molecular weight is 588 g/mol. The van der Waals surface area contributed by atoms with Crippen molar-refractivity contribution in [3.05, 3.63) is 89.5 Å². The van der Waals surface area contributed by atoms with Gasteiger partial charge in [-0.1, -0.05) is 60.7 Å². The van der Waals surface area contributed by atoms with E-state index in [1.807, 2.05) is 36.4 Å². The van der Waals surface area contributed by atoms with Gasteiger partial charge in [-0.2, -0.15) is 0 Å². The van der Waals surface area contributed by atoms with E-state index in [4.69, 9.17) is 9.47 Å². The zero-order chi connectivity index (χ0) is 30.8. The monoisotopic (exact) mass is 587 g/mol. The summed E-state index contributed by atoms with van der Waals surface area (Å²) >= 11 is 0. The highest BCUT2D eigenvalue weighted by Gasteiger charge is 2.29. The molecule has 0 bridgehead atoms. The molecule has 11 nitrogen and oxygen atoms in total. The van der Waals surface area contributed by atoms with E-state index in [9.17, 15) is 19.2 Å². The number of hydrogen-bond donors (Lipinski definition) is 4. The zero-order valence-corrected chi connectivity index (χ0v) is 24.5. The molecule has 0 saturated heterocycles. The summed E-state index contributed by atoms with van der Waals surface area (Å²) in [6.07, 6.45) is -1.14. The second-order valence-corrected chi connectivity index (χ2v) is 10.2. The Kier molecular flexibility index (Phi) is 10.7. The lowest BCUT2D eigenvalue weighted by atomic mass is 9.98. The lowest BCUT2D eigenvalue weighted by Crippen LogP contribution is -2.46. The van der Waals surface area contributed by atoms with Crippen molar-refractivity contribution in [1.29, 1.82) is 0 Å². The standard InChI is InChI=1S/C32H37N5O6/c1-21(30(39)36-23-14-12-22(13-15-23)19-43-32(41)37(3)17-16-33-2)35-29(38)18-34-31(40)42-20-28-26-10-6-4-8-24(26)25-9-5-7-11-27(25)28/h4-15,21,28,33H,16-20H2,1-3H3,(H,34,40)(H,35,38)(H,36,39). The van der Waals surface area contributed by atoms with Crippen LogP contribution in [0.25, 0.3) is 11.1 Å². The largest absolute Gasteiger partial charge is 0.449 e. The molecule has 3 aromatic carbocycles. The van der Waals surface area contributed by atoms with Gasteiger partial charge in [-0.3, -0.25) is 9.59 Å². The maximum Gasteiger partial charge on any atom is 0.409 e. The smallest absolute Gasteiger partial charge is 0.409 e. The number of anilines is 1. The molecule has 0 fully saturated rings. The summed E-state index contributed by atoms with van der Waals surface area (Å²) in [7, 11) is 3.47. The van der Waals surface area contributed by atoms with Gasteiger partial charge in [0.25, 0.3) is 0 Å². The average Bonchev–Trinajstić information content (AvgIpc) is 3.34. The minimum absolute atomic E-state index is 0.0881. The molecule has 0 spiro atoms. The number of carbonyl (C=O) groups excluding carboxylic acids is 4. The van der Waals surface area contributed by atoms with E-state index in [2.05, 4.69) is 33.4 Å². The van der Waals surface area contributed by atoms with Gasteiger partial charge in [0.05, 0.1) is 0 Å². The highest BCUT2D eigenvalue weighted by molar-refractivity contribution is 5.97. The fourth-order valence-corrected chi connectivity index (χ4v) is 4.72. The molecule has 0 saturated carbocycles. The molecule has 11 heteroatoms. The molecule has 0 aromatic heterocycles.